The third kappa shape index (κ3) is 5.54. The van der Waals surface area contributed by atoms with E-state index in [2.05, 4.69) is 20.6 Å². The number of amides is 2. The van der Waals surface area contributed by atoms with E-state index < -0.39 is 0 Å². The second kappa shape index (κ2) is 9.19. The van der Waals surface area contributed by atoms with Crippen LogP contribution < -0.4 is 10.6 Å². The summed E-state index contributed by atoms with van der Waals surface area (Å²) in [4.78, 5) is 31.9. The maximum Gasteiger partial charge on any atom is 0.222 e. The molecule has 0 aliphatic rings. The van der Waals surface area contributed by atoms with Gasteiger partial charge in [0.15, 0.2) is 0 Å². The van der Waals surface area contributed by atoms with Gasteiger partial charge in [0.25, 0.3) is 0 Å². The van der Waals surface area contributed by atoms with E-state index >= 15 is 0 Å². The highest BCUT2D eigenvalue weighted by molar-refractivity contribution is 5.79. The minimum absolute atomic E-state index is 0.152. The van der Waals surface area contributed by atoms with Gasteiger partial charge in [-0.25, -0.2) is 4.98 Å². The Morgan fingerprint density at radius 3 is 2.38 bits per heavy atom. The number of nitrogens with one attached hydrogen (secondary N) is 3. The first kappa shape index (κ1) is 20.3. The maximum absolute atomic E-state index is 12.6. The molecule has 6 nitrogen and oxygen atoms in total. The molecule has 3 N–H and O–H groups in total. The van der Waals surface area contributed by atoms with E-state index in [-0.39, 0.29) is 30.3 Å². The van der Waals surface area contributed by atoms with E-state index in [4.69, 9.17) is 0 Å². The smallest absolute Gasteiger partial charge is 0.222 e. The van der Waals surface area contributed by atoms with Crippen molar-refractivity contribution in [2.24, 2.45) is 0 Å². The second-order valence-corrected chi connectivity index (χ2v) is 7.21. The molecular weight excluding hydrogens is 364 g/mol. The van der Waals surface area contributed by atoms with Crippen molar-refractivity contribution in [3.63, 3.8) is 0 Å². The zero-order valence-electron chi connectivity index (χ0n) is 16.9. The van der Waals surface area contributed by atoms with E-state index in [1.807, 2.05) is 68.4 Å². The minimum Gasteiger partial charge on any atom is -0.349 e. The number of H-pyrrole nitrogens is 1. The molecule has 0 saturated heterocycles. The zero-order chi connectivity index (χ0) is 20.8. The summed E-state index contributed by atoms with van der Waals surface area (Å²) in [5.74, 6) is 0.355. The number of aromatic amines is 1. The van der Waals surface area contributed by atoms with Gasteiger partial charge in [0, 0.05) is 6.92 Å². The number of imidazole rings is 1. The van der Waals surface area contributed by atoms with Crippen LogP contribution in [0.25, 0.3) is 11.3 Å². The van der Waals surface area contributed by atoms with Crippen molar-refractivity contribution in [1.82, 2.24) is 20.6 Å². The number of carbonyl (C=O) groups excluding carboxylic acids is 2. The summed E-state index contributed by atoms with van der Waals surface area (Å²) in [7, 11) is 0. The highest BCUT2D eigenvalue weighted by atomic mass is 16.2. The van der Waals surface area contributed by atoms with E-state index in [0.29, 0.717) is 5.82 Å². The van der Waals surface area contributed by atoms with Crippen LogP contribution in [0.2, 0.25) is 0 Å². The maximum atomic E-state index is 12.6. The molecule has 2 unspecified atom stereocenters. The van der Waals surface area contributed by atoms with E-state index in [9.17, 15) is 9.59 Å². The number of benzene rings is 2. The van der Waals surface area contributed by atoms with Crippen LogP contribution in [-0.4, -0.2) is 21.8 Å². The van der Waals surface area contributed by atoms with E-state index in [1.165, 1.54) is 6.92 Å². The summed E-state index contributed by atoms with van der Waals surface area (Å²) < 4.78 is 0. The summed E-state index contributed by atoms with van der Waals surface area (Å²) in [6, 6.07) is 17.0. The molecule has 3 aromatic rings. The lowest BCUT2D eigenvalue weighted by Gasteiger charge is -2.19. The number of hydrogen-bond acceptors (Lipinski definition) is 3. The Bertz CT molecular complexity index is 964. The molecule has 2 atom stereocenters. The van der Waals surface area contributed by atoms with Crippen LogP contribution in [-0.2, 0) is 9.59 Å². The van der Waals surface area contributed by atoms with Gasteiger partial charge >= 0.3 is 0 Å². The molecule has 0 aliphatic carbocycles. The topological polar surface area (TPSA) is 86.9 Å². The Balaban J connectivity index is 1.65. The molecule has 29 heavy (non-hydrogen) atoms. The first-order chi connectivity index (χ1) is 13.9. The van der Waals surface area contributed by atoms with Gasteiger partial charge in [-0.05, 0) is 25.0 Å². The molecule has 0 aliphatic heterocycles. The highest BCUT2D eigenvalue weighted by Crippen LogP contribution is 2.20. The SMILES string of the molecule is CC(=O)NC(CC(=O)NC(C)c1ncc(-c2ccccc2)[nH]1)c1ccc(C)cc1. The zero-order valence-corrected chi connectivity index (χ0v) is 16.9. The molecule has 0 saturated carbocycles. The van der Waals surface area contributed by atoms with Crippen molar-refractivity contribution in [1.29, 1.82) is 0 Å². The van der Waals surface area contributed by atoms with Crippen molar-refractivity contribution in [3.8, 4) is 11.3 Å². The Hall–Kier alpha value is -3.41. The van der Waals surface area contributed by atoms with Gasteiger partial charge in [0.05, 0.1) is 30.4 Å². The van der Waals surface area contributed by atoms with E-state index in [1.54, 1.807) is 6.20 Å². The fraction of sp³-hybridized carbons (Fsp3) is 0.261. The van der Waals surface area contributed by atoms with Crippen molar-refractivity contribution in [2.45, 2.75) is 39.3 Å². The Kier molecular flexibility index (Phi) is 6.44. The van der Waals surface area contributed by atoms with Crippen molar-refractivity contribution in [3.05, 3.63) is 77.7 Å². The van der Waals surface area contributed by atoms with Gasteiger partial charge in [-0.1, -0.05) is 60.2 Å². The van der Waals surface area contributed by atoms with Gasteiger partial charge in [-0.3, -0.25) is 9.59 Å². The largest absolute Gasteiger partial charge is 0.349 e. The molecule has 3 rings (SSSR count). The third-order valence-electron chi connectivity index (χ3n) is 4.71. The van der Waals surface area contributed by atoms with Crippen molar-refractivity contribution >= 4 is 11.8 Å². The summed E-state index contributed by atoms with van der Waals surface area (Å²) in [5, 5.41) is 5.82. The molecule has 0 spiro atoms. The number of aryl methyl sites for hydroxylation is 1. The van der Waals surface area contributed by atoms with Gasteiger partial charge in [-0.15, -0.1) is 0 Å². The summed E-state index contributed by atoms with van der Waals surface area (Å²) in [5.41, 5.74) is 3.96. The van der Waals surface area contributed by atoms with Crippen LogP contribution in [0.5, 0.6) is 0 Å². The molecular formula is C23H26N4O2. The fourth-order valence-corrected chi connectivity index (χ4v) is 3.17. The van der Waals surface area contributed by atoms with Crippen LogP contribution in [0.3, 0.4) is 0 Å². The normalized spacial score (nSPS) is 12.8. The molecule has 0 radical (unpaired) electrons. The lowest BCUT2D eigenvalue weighted by Crippen LogP contribution is -2.34. The Morgan fingerprint density at radius 1 is 1.03 bits per heavy atom. The third-order valence-corrected chi connectivity index (χ3v) is 4.71. The predicted molar refractivity (Wildman–Crippen MR) is 113 cm³/mol. The Morgan fingerprint density at radius 2 is 1.72 bits per heavy atom. The summed E-state index contributed by atoms with van der Waals surface area (Å²) in [6.45, 7) is 5.33. The lowest BCUT2D eigenvalue weighted by atomic mass is 10.0. The van der Waals surface area contributed by atoms with Crippen LogP contribution in [0.4, 0.5) is 0 Å². The molecule has 2 amide bonds. The minimum atomic E-state index is -0.378. The van der Waals surface area contributed by atoms with Gasteiger partial charge < -0.3 is 15.6 Å². The van der Waals surface area contributed by atoms with Crippen LogP contribution in [0.1, 0.15) is 49.3 Å². The van der Waals surface area contributed by atoms with Gasteiger partial charge in [-0.2, -0.15) is 0 Å². The monoisotopic (exact) mass is 390 g/mol. The van der Waals surface area contributed by atoms with Crippen LogP contribution in [0.15, 0.2) is 60.8 Å². The average Bonchev–Trinajstić information content (AvgIpc) is 3.19. The number of hydrogen-bond donors (Lipinski definition) is 3. The number of nitrogens with zero attached hydrogens (tertiary/aromatic N) is 1. The quantitative estimate of drug-likeness (QED) is 0.573. The summed E-state index contributed by atoms with van der Waals surface area (Å²) in [6.07, 6.45) is 1.92. The predicted octanol–water partition coefficient (Wildman–Crippen LogP) is 3.83. The first-order valence-corrected chi connectivity index (χ1v) is 9.65. The second-order valence-electron chi connectivity index (χ2n) is 7.21. The highest BCUT2D eigenvalue weighted by Gasteiger charge is 2.20. The molecule has 6 heteroatoms. The van der Waals surface area contributed by atoms with E-state index in [0.717, 1.165) is 22.4 Å². The fourth-order valence-electron chi connectivity index (χ4n) is 3.17. The first-order valence-electron chi connectivity index (χ1n) is 9.65. The molecule has 150 valence electrons. The number of aromatic nitrogens is 2. The van der Waals surface area contributed by atoms with Crippen LogP contribution >= 0.6 is 0 Å². The number of carbonyl (C=O) groups is 2. The summed E-state index contributed by atoms with van der Waals surface area (Å²) >= 11 is 0. The Labute approximate surface area is 170 Å². The molecule has 2 aromatic carbocycles. The lowest BCUT2D eigenvalue weighted by molar-refractivity contribution is -0.123. The van der Waals surface area contributed by atoms with Crippen LogP contribution in [0, 0.1) is 6.92 Å². The standard InChI is InChI=1S/C23H26N4O2/c1-15-9-11-19(12-10-15)20(26-17(3)28)13-22(29)25-16(2)23-24-14-21(27-23)18-7-5-4-6-8-18/h4-12,14,16,20H,13H2,1-3H3,(H,24,27)(H,25,29)(H,26,28). The van der Waals surface area contributed by atoms with Gasteiger partial charge in [0.2, 0.25) is 11.8 Å². The van der Waals surface area contributed by atoms with Gasteiger partial charge in [0.1, 0.15) is 5.82 Å². The van der Waals surface area contributed by atoms with Crippen molar-refractivity contribution < 1.29 is 9.59 Å². The molecule has 0 bridgehead atoms. The number of rotatable bonds is 7. The molecule has 1 heterocycles. The molecule has 1 aromatic heterocycles. The van der Waals surface area contributed by atoms with Crippen molar-refractivity contribution in [2.75, 3.05) is 0 Å². The average molecular weight is 390 g/mol. The molecule has 0 fully saturated rings.